The Kier molecular flexibility index (Phi) is 7.04. The molecule has 1 amide bonds. The van der Waals surface area contributed by atoms with Crippen molar-refractivity contribution in [2.24, 2.45) is 0 Å². The Morgan fingerprint density at radius 2 is 1.98 bits per heavy atom. The zero-order valence-corrected chi connectivity index (χ0v) is 22.2. The smallest absolute Gasteiger partial charge is 0.272 e. The van der Waals surface area contributed by atoms with Gasteiger partial charge in [0.1, 0.15) is 35.7 Å². The largest absolute Gasteiger partial charge is 0.394 e. The second-order valence-electron chi connectivity index (χ2n) is 10.0. The molecule has 4 N–H and O–H groups in total. The summed E-state index contributed by atoms with van der Waals surface area (Å²) in [5.41, 5.74) is 0.990. The minimum absolute atomic E-state index is 0.0662. The fourth-order valence-electron chi connectivity index (χ4n) is 5.38. The number of carbonyl (C=O) groups excluding carboxylic acids is 1. The number of benzene rings is 2. The second kappa shape index (κ2) is 10.4. The molecule has 6 rings (SSSR count). The van der Waals surface area contributed by atoms with Gasteiger partial charge >= 0.3 is 0 Å². The lowest BCUT2D eigenvalue weighted by Gasteiger charge is -2.49. The van der Waals surface area contributed by atoms with Crippen LogP contribution in [0.15, 0.2) is 36.5 Å². The van der Waals surface area contributed by atoms with E-state index in [0.717, 1.165) is 27.1 Å². The number of rotatable bonds is 5. The molecule has 0 radical (unpaired) electrons. The highest BCUT2D eigenvalue weighted by Gasteiger charge is 2.62. The molecule has 1 spiro atoms. The van der Waals surface area contributed by atoms with Crippen molar-refractivity contribution in [2.45, 2.75) is 49.5 Å². The number of hydrogen-bond acceptors (Lipinski definition) is 10. The summed E-state index contributed by atoms with van der Waals surface area (Å²) in [4.78, 5) is 13.3. The van der Waals surface area contributed by atoms with Gasteiger partial charge in [-0.2, -0.15) is 4.37 Å². The Morgan fingerprint density at radius 3 is 2.71 bits per heavy atom. The number of nitrogens with zero attached hydrogens (tertiary/aromatic N) is 4. The number of fused-ring (bicyclic) bond motifs is 1. The summed E-state index contributed by atoms with van der Waals surface area (Å²) in [5.74, 6) is -6.94. The molecule has 41 heavy (non-hydrogen) atoms. The number of carbonyl (C=O) groups is 1. The zero-order chi connectivity index (χ0) is 29.1. The quantitative estimate of drug-likeness (QED) is 0.255. The third-order valence-corrected chi connectivity index (χ3v) is 8.25. The highest BCUT2D eigenvalue weighted by molar-refractivity contribution is 7.13. The third kappa shape index (κ3) is 4.58. The molecule has 0 saturated carbocycles. The zero-order valence-electron chi connectivity index (χ0n) is 21.4. The van der Waals surface area contributed by atoms with Crippen molar-refractivity contribution in [3.63, 3.8) is 0 Å². The number of aliphatic hydroxyl groups excluding tert-OH is 3. The molecule has 2 aliphatic heterocycles. The number of aryl methyl sites for hydroxylation is 1. The normalized spacial score (nSPS) is 28.0. The summed E-state index contributed by atoms with van der Waals surface area (Å²) >= 11 is 1.17. The molecule has 11 nitrogen and oxygen atoms in total. The molecule has 0 bridgehead atoms. The summed E-state index contributed by atoms with van der Waals surface area (Å²) in [6.45, 7) is 1.32. The SMILES string of the molecule is Cc1ccc2c(C(=O)N[C@@H]3CCO[C@]34O[C@H](CO)[C@H](O)[C@H](n3cc(-c5cc(F)c(F)c(F)c5)nn3)[C@H]4O)nsc2c1. The summed E-state index contributed by atoms with van der Waals surface area (Å²) in [6, 6.07) is 4.77. The maximum atomic E-state index is 13.8. The molecule has 0 unspecified atom stereocenters. The van der Waals surface area contributed by atoms with Crippen LogP contribution in [-0.4, -0.2) is 83.9 Å². The average Bonchev–Trinajstić information content (AvgIpc) is 3.68. The monoisotopic (exact) mass is 591 g/mol. The van der Waals surface area contributed by atoms with E-state index in [0.29, 0.717) is 5.39 Å². The predicted octanol–water partition coefficient (Wildman–Crippen LogP) is 1.85. The van der Waals surface area contributed by atoms with E-state index in [2.05, 4.69) is 20.0 Å². The highest BCUT2D eigenvalue weighted by atomic mass is 32.1. The van der Waals surface area contributed by atoms with Crippen molar-refractivity contribution in [3.05, 3.63) is 65.2 Å². The van der Waals surface area contributed by atoms with E-state index in [1.165, 1.54) is 17.7 Å². The van der Waals surface area contributed by atoms with Crippen molar-refractivity contribution >= 4 is 27.5 Å². The van der Waals surface area contributed by atoms with E-state index in [-0.39, 0.29) is 30.0 Å². The number of ether oxygens (including phenoxy) is 2. The van der Waals surface area contributed by atoms with Crippen molar-refractivity contribution in [2.75, 3.05) is 13.2 Å². The van der Waals surface area contributed by atoms with E-state index < -0.39 is 66.1 Å². The molecule has 6 atom stereocenters. The lowest BCUT2D eigenvalue weighted by molar-refractivity contribution is -0.344. The van der Waals surface area contributed by atoms with E-state index >= 15 is 0 Å². The number of amides is 1. The number of hydrogen-bond donors (Lipinski definition) is 4. The fraction of sp³-hybridized carbons (Fsp3) is 0.385. The van der Waals surface area contributed by atoms with Gasteiger partial charge in [0, 0.05) is 10.9 Å². The number of aliphatic hydroxyl groups is 3. The highest BCUT2D eigenvalue weighted by Crippen LogP contribution is 2.43. The lowest BCUT2D eigenvalue weighted by atomic mass is 9.86. The average molecular weight is 592 g/mol. The van der Waals surface area contributed by atoms with E-state index in [1.54, 1.807) is 6.07 Å². The van der Waals surface area contributed by atoms with Gasteiger partial charge in [0.25, 0.3) is 5.91 Å². The van der Waals surface area contributed by atoms with Gasteiger partial charge in [-0.25, -0.2) is 17.9 Å². The molecular weight excluding hydrogens is 567 g/mol. The Bertz CT molecular complexity index is 1610. The van der Waals surface area contributed by atoms with Crippen LogP contribution in [0.5, 0.6) is 0 Å². The van der Waals surface area contributed by atoms with Crippen LogP contribution in [0.25, 0.3) is 21.3 Å². The first-order valence-corrected chi connectivity index (χ1v) is 13.4. The van der Waals surface area contributed by atoms with Gasteiger partial charge in [0.2, 0.25) is 5.79 Å². The van der Waals surface area contributed by atoms with E-state index in [4.69, 9.17) is 9.47 Å². The molecular formula is C26H24F3N5O6S. The van der Waals surface area contributed by atoms with Gasteiger partial charge in [-0.05, 0) is 48.6 Å². The third-order valence-electron chi connectivity index (χ3n) is 7.45. The van der Waals surface area contributed by atoms with Crippen molar-refractivity contribution in [1.82, 2.24) is 24.7 Å². The topological polar surface area (TPSA) is 152 Å². The molecule has 2 aromatic carbocycles. The van der Waals surface area contributed by atoms with Gasteiger partial charge < -0.3 is 30.1 Å². The molecule has 2 aromatic heterocycles. The minimum Gasteiger partial charge on any atom is -0.394 e. The maximum Gasteiger partial charge on any atom is 0.272 e. The van der Waals surface area contributed by atoms with E-state index in [1.807, 2.05) is 19.1 Å². The van der Waals surface area contributed by atoms with Crippen LogP contribution in [0, 0.1) is 24.4 Å². The van der Waals surface area contributed by atoms with Crippen LogP contribution in [0.2, 0.25) is 0 Å². The molecule has 2 fully saturated rings. The molecule has 2 saturated heterocycles. The Labute approximate surface area is 234 Å². The lowest BCUT2D eigenvalue weighted by Crippen LogP contribution is -2.69. The summed E-state index contributed by atoms with van der Waals surface area (Å²) in [5, 5.41) is 43.8. The van der Waals surface area contributed by atoms with E-state index in [9.17, 15) is 33.3 Å². The fourth-order valence-corrected chi connectivity index (χ4v) is 6.25. The summed E-state index contributed by atoms with van der Waals surface area (Å²) in [7, 11) is 0. The molecule has 2 aliphatic rings. The van der Waals surface area contributed by atoms with Crippen molar-refractivity contribution in [3.8, 4) is 11.3 Å². The summed E-state index contributed by atoms with van der Waals surface area (Å²) in [6.07, 6.45) is -3.07. The first-order chi connectivity index (χ1) is 19.6. The first kappa shape index (κ1) is 27.7. The molecule has 15 heteroatoms. The molecule has 4 aromatic rings. The Hall–Kier alpha value is -3.47. The Balaban J connectivity index is 1.31. The second-order valence-corrected chi connectivity index (χ2v) is 10.8. The maximum absolute atomic E-state index is 13.8. The van der Waals surface area contributed by atoms with Gasteiger partial charge in [-0.1, -0.05) is 17.3 Å². The number of halogens is 3. The summed E-state index contributed by atoms with van der Waals surface area (Å²) < 4.78 is 59.0. The van der Waals surface area contributed by atoms with Crippen LogP contribution in [0.1, 0.15) is 28.5 Å². The first-order valence-electron chi connectivity index (χ1n) is 12.7. The molecule has 216 valence electrons. The van der Waals surface area contributed by atoms with Gasteiger partial charge in [0.15, 0.2) is 17.5 Å². The predicted molar refractivity (Wildman–Crippen MR) is 137 cm³/mol. The van der Waals surface area contributed by atoms with Gasteiger partial charge in [0.05, 0.1) is 30.2 Å². The van der Waals surface area contributed by atoms with Crippen LogP contribution in [0.3, 0.4) is 0 Å². The number of aromatic nitrogens is 4. The van der Waals surface area contributed by atoms with Crippen molar-refractivity contribution in [1.29, 1.82) is 0 Å². The molecule has 4 heterocycles. The number of nitrogens with one attached hydrogen (secondary N) is 1. The van der Waals surface area contributed by atoms with Crippen LogP contribution in [0.4, 0.5) is 13.2 Å². The van der Waals surface area contributed by atoms with Crippen LogP contribution >= 0.6 is 11.5 Å². The van der Waals surface area contributed by atoms with Crippen LogP contribution in [-0.2, 0) is 9.47 Å². The van der Waals surface area contributed by atoms with Crippen molar-refractivity contribution < 1.29 is 42.8 Å². The Morgan fingerprint density at radius 1 is 1.22 bits per heavy atom. The minimum atomic E-state index is -1.91. The van der Waals surface area contributed by atoms with Gasteiger partial charge in [-0.15, -0.1) is 5.10 Å². The van der Waals surface area contributed by atoms with Gasteiger partial charge in [-0.3, -0.25) is 4.79 Å². The standard InChI is InChI=1S/C26H24F3N5O6S/c1-11-2-3-13-18(6-11)41-32-21(13)25(38)30-19-4-5-39-26(19)24(37)22(23(36)17(10-35)40-26)34-9-16(31-33-34)12-7-14(27)20(29)15(28)8-12/h2-3,6-9,17,19,22-24,35-37H,4-5,10H2,1H3,(H,30,38)/t17-,19-,22+,23+,24-,26+/m1/s1. The molecule has 0 aliphatic carbocycles. The van der Waals surface area contributed by atoms with Crippen LogP contribution < -0.4 is 5.32 Å².